The van der Waals surface area contributed by atoms with Gasteiger partial charge in [-0.25, -0.2) is 4.90 Å². The molecule has 5 rings (SSSR count). The molecule has 6 nitrogen and oxygen atoms in total. The van der Waals surface area contributed by atoms with E-state index in [0.717, 1.165) is 45.9 Å². The summed E-state index contributed by atoms with van der Waals surface area (Å²) in [5.74, 6) is 1.16. The molecule has 0 amide bonds. The number of nitrogens with one attached hydrogen (secondary N) is 1. The maximum atomic E-state index is 6.78. The van der Waals surface area contributed by atoms with Crippen molar-refractivity contribution in [2.24, 2.45) is 0 Å². The maximum absolute atomic E-state index is 6.78. The molecule has 0 bridgehead atoms. The topological polar surface area (TPSA) is 40.2 Å². The van der Waals surface area contributed by atoms with Crippen LogP contribution < -0.4 is 5.32 Å². The summed E-state index contributed by atoms with van der Waals surface area (Å²) in [5.41, 5.74) is 0. The lowest BCUT2D eigenvalue weighted by Gasteiger charge is -2.65. The highest BCUT2D eigenvalue weighted by atomic mass is 32.2. The van der Waals surface area contributed by atoms with Crippen molar-refractivity contribution in [2.75, 3.05) is 64.8 Å². The van der Waals surface area contributed by atoms with Gasteiger partial charge in [-0.1, -0.05) is 6.42 Å². The highest BCUT2D eigenvalue weighted by molar-refractivity contribution is 8.00. The van der Waals surface area contributed by atoms with Crippen LogP contribution >= 0.6 is 11.8 Å². The first-order chi connectivity index (χ1) is 14.4. The largest absolute Gasteiger partial charge is 0.371 e. The molecule has 0 spiro atoms. The van der Waals surface area contributed by atoms with E-state index in [2.05, 4.69) is 31.8 Å². The summed E-state index contributed by atoms with van der Waals surface area (Å²) < 4.78 is 13.2. The van der Waals surface area contributed by atoms with Gasteiger partial charge in [0.05, 0.1) is 6.61 Å². The molecule has 1 N–H and O–H groups in total. The Labute approximate surface area is 181 Å². The number of thioether (sulfide) groups is 1. The highest BCUT2D eigenvalue weighted by Crippen LogP contribution is 2.45. The second-order valence-corrected chi connectivity index (χ2v) is 10.7. The van der Waals surface area contributed by atoms with Gasteiger partial charge in [-0.15, -0.1) is 0 Å². The molecule has 0 radical (unpaired) electrons. The second kappa shape index (κ2) is 9.72. The van der Waals surface area contributed by atoms with Crippen molar-refractivity contribution in [3.05, 3.63) is 0 Å². The average Bonchev–Trinajstić information content (AvgIpc) is 3.35. The Bertz CT molecular complexity index is 497. The summed E-state index contributed by atoms with van der Waals surface area (Å²) in [6.45, 7) is 9.55. The molecular formula is C22H40N4O2S. The summed E-state index contributed by atoms with van der Waals surface area (Å²) in [6, 6.07) is 0. The fraction of sp³-hybridized carbons (Fsp3) is 1.00. The zero-order valence-corrected chi connectivity index (χ0v) is 18.8. The summed E-state index contributed by atoms with van der Waals surface area (Å²) in [5, 5.41) is 4.21. The number of ether oxygens (including phenoxy) is 2. The minimum atomic E-state index is -0.134. The molecule has 0 aromatic heterocycles. The minimum absolute atomic E-state index is 0.134. The molecule has 0 aromatic carbocycles. The van der Waals surface area contributed by atoms with Crippen LogP contribution in [0.15, 0.2) is 0 Å². The summed E-state index contributed by atoms with van der Waals surface area (Å²) in [7, 11) is 0. The lowest BCUT2D eigenvalue weighted by Crippen LogP contribution is -2.82. The van der Waals surface area contributed by atoms with E-state index in [4.69, 9.17) is 9.47 Å². The van der Waals surface area contributed by atoms with Crippen molar-refractivity contribution < 1.29 is 9.47 Å². The van der Waals surface area contributed by atoms with Crippen molar-refractivity contribution in [3.8, 4) is 0 Å². The van der Waals surface area contributed by atoms with Crippen LogP contribution in [-0.2, 0) is 9.47 Å². The van der Waals surface area contributed by atoms with Gasteiger partial charge in [-0.2, -0.15) is 11.8 Å². The SMILES string of the molecule is C1CCN(C2(N3CCNCC3)C(C3CCCS3)OCCN2C2CCCCO2)CC1. The molecule has 5 fully saturated rings. The third-order valence-corrected chi connectivity index (χ3v) is 9.08. The zero-order chi connectivity index (χ0) is 19.5. The van der Waals surface area contributed by atoms with Crippen LogP contribution in [0.1, 0.15) is 51.4 Å². The number of morpholine rings is 1. The Morgan fingerprint density at radius 2 is 1.59 bits per heavy atom. The van der Waals surface area contributed by atoms with Gasteiger partial charge in [-0.05, 0) is 50.7 Å². The van der Waals surface area contributed by atoms with Crippen LogP contribution in [0.2, 0.25) is 0 Å². The Kier molecular flexibility index (Phi) is 7.03. The smallest absolute Gasteiger partial charge is 0.161 e. The normalized spacial score (nSPS) is 41.6. The zero-order valence-electron chi connectivity index (χ0n) is 18.0. The van der Waals surface area contributed by atoms with Gasteiger partial charge in [0, 0.05) is 57.7 Å². The molecule has 7 heteroatoms. The molecule has 0 aromatic rings. The number of hydrogen-bond acceptors (Lipinski definition) is 7. The van der Waals surface area contributed by atoms with E-state index >= 15 is 0 Å². The van der Waals surface area contributed by atoms with Gasteiger partial charge in [0.15, 0.2) is 5.79 Å². The third kappa shape index (κ3) is 4.01. The van der Waals surface area contributed by atoms with Crippen molar-refractivity contribution >= 4 is 11.8 Å². The van der Waals surface area contributed by atoms with Crippen LogP contribution in [0, 0.1) is 0 Å². The van der Waals surface area contributed by atoms with Gasteiger partial charge in [0.2, 0.25) is 0 Å². The molecule has 5 saturated heterocycles. The Morgan fingerprint density at radius 3 is 2.31 bits per heavy atom. The van der Waals surface area contributed by atoms with E-state index in [0.29, 0.717) is 5.25 Å². The molecule has 4 unspecified atom stereocenters. The van der Waals surface area contributed by atoms with Crippen molar-refractivity contribution in [2.45, 2.75) is 74.7 Å². The Balaban J connectivity index is 1.56. The molecule has 0 saturated carbocycles. The number of rotatable bonds is 4. The van der Waals surface area contributed by atoms with E-state index in [-0.39, 0.29) is 18.1 Å². The molecule has 5 aliphatic heterocycles. The lowest BCUT2D eigenvalue weighted by atomic mass is 9.93. The van der Waals surface area contributed by atoms with Gasteiger partial charge >= 0.3 is 0 Å². The lowest BCUT2D eigenvalue weighted by molar-refractivity contribution is -0.311. The fourth-order valence-corrected chi connectivity index (χ4v) is 7.79. The van der Waals surface area contributed by atoms with E-state index in [1.165, 1.54) is 70.2 Å². The Morgan fingerprint density at radius 1 is 0.759 bits per heavy atom. The molecule has 0 aliphatic carbocycles. The van der Waals surface area contributed by atoms with E-state index < -0.39 is 0 Å². The monoisotopic (exact) mass is 424 g/mol. The van der Waals surface area contributed by atoms with Crippen molar-refractivity contribution in [1.82, 2.24) is 20.0 Å². The van der Waals surface area contributed by atoms with Gasteiger partial charge in [0.1, 0.15) is 12.3 Å². The first kappa shape index (κ1) is 21.0. The van der Waals surface area contributed by atoms with E-state index in [9.17, 15) is 0 Å². The number of piperidine rings is 1. The van der Waals surface area contributed by atoms with Gasteiger partial charge in [-0.3, -0.25) is 9.80 Å². The molecule has 5 aliphatic rings. The molecule has 5 heterocycles. The maximum Gasteiger partial charge on any atom is 0.161 e. The average molecular weight is 425 g/mol. The second-order valence-electron chi connectivity index (χ2n) is 9.33. The first-order valence-electron chi connectivity index (χ1n) is 12.2. The summed E-state index contributed by atoms with van der Waals surface area (Å²) >= 11 is 2.17. The predicted octanol–water partition coefficient (Wildman–Crippen LogP) is 2.15. The summed E-state index contributed by atoms with van der Waals surface area (Å²) in [6.07, 6.45) is 10.8. The molecule has 4 atom stereocenters. The van der Waals surface area contributed by atoms with E-state index in [1.807, 2.05) is 0 Å². The van der Waals surface area contributed by atoms with Crippen molar-refractivity contribution in [3.63, 3.8) is 0 Å². The van der Waals surface area contributed by atoms with Crippen LogP contribution in [0.3, 0.4) is 0 Å². The fourth-order valence-electron chi connectivity index (χ4n) is 6.38. The van der Waals surface area contributed by atoms with Crippen LogP contribution in [0.4, 0.5) is 0 Å². The number of piperazine rings is 1. The van der Waals surface area contributed by atoms with Crippen LogP contribution in [-0.4, -0.2) is 103 Å². The summed E-state index contributed by atoms with van der Waals surface area (Å²) in [4.78, 5) is 8.42. The standard InChI is InChI=1S/C22H40N4O2S/c1-3-11-24(12-4-1)22(25-13-9-23-10-14-25)21(19-7-6-18-29-19)28-17-15-26(22)20-8-2-5-16-27-20/h19-21,23H,1-18H2. The Hall–Kier alpha value is 0.110. The van der Waals surface area contributed by atoms with Crippen molar-refractivity contribution in [1.29, 1.82) is 0 Å². The van der Waals surface area contributed by atoms with Crippen LogP contribution in [0.25, 0.3) is 0 Å². The molecule has 166 valence electrons. The first-order valence-corrected chi connectivity index (χ1v) is 13.3. The quantitative estimate of drug-likeness (QED) is 0.741. The number of hydrogen-bond donors (Lipinski definition) is 1. The number of nitrogens with zero attached hydrogens (tertiary/aromatic N) is 3. The van der Waals surface area contributed by atoms with Gasteiger partial charge in [0.25, 0.3) is 0 Å². The van der Waals surface area contributed by atoms with E-state index in [1.54, 1.807) is 0 Å². The third-order valence-electron chi connectivity index (χ3n) is 7.64. The van der Waals surface area contributed by atoms with Gasteiger partial charge < -0.3 is 14.8 Å². The predicted molar refractivity (Wildman–Crippen MR) is 118 cm³/mol. The molecular weight excluding hydrogens is 384 g/mol. The molecule has 29 heavy (non-hydrogen) atoms. The minimum Gasteiger partial charge on any atom is -0.371 e. The highest BCUT2D eigenvalue weighted by Gasteiger charge is 2.60. The number of likely N-dealkylation sites (tertiary alicyclic amines) is 1. The van der Waals surface area contributed by atoms with Crippen LogP contribution in [0.5, 0.6) is 0 Å².